The highest BCUT2D eigenvalue weighted by atomic mass is 16.5. The summed E-state index contributed by atoms with van der Waals surface area (Å²) < 4.78 is 11.1. The van der Waals surface area contributed by atoms with Crippen LogP contribution in [0.15, 0.2) is 42.5 Å². The fourth-order valence-corrected chi connectivity index (χ4v) is 3.36. The molecule has 0 radical (unpaired) electrons. The number of fused-ring (bicyclic) bond motifs is 1. The molecule has 168 valence electrons. The highest BCUT2D eigenvalue weighted by Crippen LogP contribution is 2.34. The summed E-state index contributed by atoms with van der Waals surface area (Å²) in [6.07, 6.45) is 0. The van der Waals surface area contributed by atoms with Gasteiger partial charge in [-0.25, -0.2) is 4.79 Å². The first kappa shape index (κ1) is 22.9. The standard InChI is InChI=1S/C24H27N3O5/c1-5-31-23(30)19-14(2)26-16-10-8-12-18(20(16)21(19)25)32-13-24(3,4)27-22(29)15-9-6-7-11-17(15)28/h6-12,28H,5,13H2,1-4H3,(H2,25,26)(H,27,29). The number of hydrogen-bond acceptors (Lipinski definition) is 7. The highest BCUT2D eigenvalue weighted by Gasteiger charge is 2.25. The van der Waals surface area contributed by atoms with Crippen molar-refractivity contribution in [3.63, 3.8) is 0 Å². The molecule has 0 bridgehead atoms. The van der Waals surface area contributed by atoms with Crippen molar-refractivity contribution < 1.29 is 24.2 Å². The average Bonchev–Trinajstić information content (AvgIpc) is 2.72. The van der Waals surface area contributed by atoms with Crippen LogP contribution in [0, 0.1) is 6.92 Å². The van der Waals surface area contributed by atoms with Crippen LogP contribution in [0.5, 0.6) is 11.5 Å². The van der Waals surface area contributed by atoms with Crippen molar-refractivity contribution in [1.29, 1.82) is 0 Å². The fraction of sp³-hybridized carbons (Fsp3) is 0.292. The van der Waals surface area contributed by atoms with E-state index < -0.39 is 17.4 Å². The zero-order chi connectivity index (χ0) is 23.5. The number of nitrogens with one attached hydrogen (secondary N) is 1. The quantitative estimate of drug-likeness (QED) is 0.483. The monoisotopic (exact) mass is 437 g/mol. The molecule has 8 nitrogen and oxygen atoms in total. The lowest BCUT2D eigenvalue weighted by Crippen LogP contribution is -2.47. The number of esters is 1. The molecule has 1 heterocycles. The Morgan fingerprint density at radius 1 is 1.16 bits per heavy atom. The van der Waals surface area contributed by atoms with Gasteiger partial charge in [0.2, 0.25) is 0 Å². The number of para-hydroxylation sites is 1. The van der Waals surface area contributed by atoms with Gasteiger partial charge in [-0.3, -0.25) is 9.78 Å². The van der Waals surface area contributed by atoms with E-state index in [1.807, 2.05) is 0 Å². The van der Waals surface area contributed by atoms with E-state index in [1.165, 1.54) is 12.1 Å². The van der Waals surface area contributed by atoms with Gasteiger partial charge in [0, 0.05) is 0 Å². The molecule has 0 atom stereocenters. The number of carbonyl (C=O) groups is 2. The second-order valence-electron chi connectivity index (χ2n) is 8.00. The van der Waals surface area contributed by atoms with E-state index in [2.05, 4.69) is 10.3 Å². The number of phenolic OH excluding ortho intramolecular Hbond substituents is 1. The molecule has 0 saturated carbocycles. The molecule has 0 aliphatic heterocycles. The maximum absolute atomic E-state index is 12.6. The predicted octanol–water partition coefficient (Wildman–Crippen LogP) is 3.60. The first-order valence-corrected chi connectivity index (χ1v) is 10.2. The van der Waals surface area contributed by atoms with Crippen molar-refractivity contribution >= 4 is 28.5 Å². The maximum atomic E-state index is 12.6. The van der Waals surface area contributed by atoms with Crippen molar-refractivity contribution in [1.82, 2.24) is 10.3 Å². The minimum absolute atomic E-state index is 0.100. The number of pyridine rings is 1. The van der Waals surface area contributed by atoms with Gasteiger partial charge in [-0.15, -0.1) is 0 Å². The van der Waals surface area contributed by atoms with E-state index in [0.717, 1.165) is 0 Å². The lowest BCUT2D eigenvalue weighted by molar-refractivity contribution is 0.0526. The summed E-state index contributed by atoms with van der Waals surface area (Å²) in [4.78, 5) is 29.4. The average molecular weight is 437 g/mol. The number of carbonyl (C=O) groups excluding carboxylic acids is 2. The number of nitrogens with zero attached hydrogens (tertiary/aromatic N) is 1. The van der Waals surface area contributed by atoms with Gasteiger partial charge in [0.25, 0.3) is 5.91 Å². The summed E-state index contributed by atoms with van der Waals surface area (Å²) in [7, 11) is 0. The van der Waals surface area contributed by atoms with Crippen molar-refractivity contribution in [2.45, 2.75) is 33.2 Å². The van der Waals surface area contributed by atoms with Gasteiger partial charge in [-0.2, -0.15) is 0 Å². The van der Waals surface area contributed by atoms with Gasteiger partial charge >= 0.3 is 5.97 Å². The topological polar surface area (TPSA) is 124 Å². The molecule has 0 spiro atoms. The zero-order valence-corrected chi connectivity index (χ0v) is 18.6. The molecule has 4 N–H and O–H groups in total. The van der Waals surface area contributed by atoms with E-state index in [4.69, 9.17) is 15.2 Å². The minimum Gasteiger partial charge on any atom is -0.507 e. The van der Waals surface area contributed by atoms with Crippen LogP contribution in [-0.4, -0.2) is 40.7 Å². The largest absolute Gasteiger partial charge is 0.507 e. The van der Waals surface area contributed by atoms with Gasteiger partial charge < -0.3 is 25.6 Å². The Kier molecular flexibility index (Phi) is 6.53. The van der Waals surface area contributed by atoms with Crippen LogP contribution >= 0.6 is 0 Å². The number of aromatic hydroxyl groups is 1. The summed E-state index contributed by atoms with van der Waals surface area (Å²) >= 11 is 0. The molecule has 32 heavy (non-hydrogen) atoms. The van der Waals surface area contributed by atoms with Crippen molar-refractivity contribution in [2.75, 3.05) is 18.9 Å². The molecule has 3 rings (SSSR count). The molecule has 3 aromatic rings. The lowest BCUT2D eigenvalue weighted by atomic mass is 10.0. The third-order valence-electron chi connectivity index (χ3n) is 4.86. The number of aromatic nitrogens is 1. The van der Waals surface area contributed by atoms with Crippen LogP contribution in [0.3, 0.4) is 0 Å². The summed E-state index contributed by atoms with van der Waals surface area (Å²) in [5.74, 6) is -0.627. The van der Waals surface area contributed by atoms with E-state index in [9.17, 15) is 14.7 Å². The number of ether oxygens (including phenoxy) is 2. The molecule has 2 aromatic carbocycles. The van der Waals surface area contributed by atoms with Crippen molar-refractivity contribution in [2.24, 2.45) is 0 Å². The van der Waals surface area contributed by atoms with E-state index >= 15 is 0 Å². The molecule has 8 heteroatoms. The summed E-state index contributed by atoms with van der Waals surface area (Å²) in [5.41, 5.74) is 7.24. The number of nitrogen functional groups attached to an aromatic ring is 1. The van der Waals surface area contributed by atoms with Gasteiger partial charge in [-0.1, -0.05) is 18.2 Å². The highest BCUT2D eigenvalue weighted by molar-refractivity contribution is 6.07. The molecule has 0 fully saturated rings. The first-order chi connectivity index (χ1) is 15.1. The second kappa shape index (κ2) is 9.13. The Bertz CT molecular complexity index is 1170. The molecule has 1 aromatic heterocycles. The number of rotatable bonds is 7. The zero-order valence-electron chi connectivity index (χ0n) is 18.6. The van der Waals surface area contributed by atoms with Crippen LogP contribution in [0.1, 0.15) is 47.2 Å². The Balaban J connectivity index is 1.87. The normalized spacial score (nSPS) is 11.2. The summed E-state index contributed by atoms with van der Waals surface area (Å²) in [5, 5.41) is 13.3. The second-order valence-corrected chi connectivity index (χ2v) is 8.00. The molecular formula is C24H27N3O5. The van der Waals surface area contributed by atoms with Crippen LogP contribution in [0.4, 0.5) is 5.69 Å². The Hall–Kier alpha value is -3.81. The van der Waals surface area contributed by atoms with Crippen molar-refractivity contribution in [3.05, 3.63) is 59.3 Å². The minimum atomic E-state index is -0.779. The van der Waals surface area contributed by atoms with Crippen LogP contribution in [-0.2, 0) is 4.74 Å². The van der Waals surface area contributed by atoms with Gasteiger partial charge in [0.1, 0.15) is 23.7 Å². The first-order valence-electron chi connectivity index (χ1n) is 10.2. The number of hydrogen-bond donors (Lipinski definition) is 3. The molecule has 0 saturated heterocycles. The van der Waals surface area contributed by atoms with Crippen LogP contribution < -0.4 is 15.8 Å². The van der Waals surface area contributed by atoms with Gasteiger partial charge in [0.05, 0.1) is 40.0 Å². The lowest BCUT2D eigenvalue weighted by Gasteiger charge is -2.27. The SMILES string of the molecule is CCOC(=O)c1c(C)nc2cccc(OCC(C)(C)NC(=O)c3ccccc3O)c2c1N. The maximum Gasteiger partial charge on any atom is 0.342 e. The fourth-order valence-electron chi connectivity index (χ4n) is 3.36. The van der Waals surface area contributed by atoms with Crippen molar-refractivity contribution in [3.8, 4) is 11.5 Å². The van der Waals surface area contributed by atoms with E-state index in [0.29, 0.717) is 22.3 Å². The third kappa shape index (κ3) is 4.74. The number of aryl methyl sites for hydroxylation is 1. The van der Waals surface area contributed by atoms with Gasteiger partial charge in [-0.05, 0) is 52.0 Å². The smallest absolute Gasteiger partial charge is 0.342 e. The Labute approximate surface area is 186 Å². The van der Waals surface area contributed by atoms with Crippen LogP contribution in [0.25, 0.3) is 10.9 Å². The number of amides is 1. The number of anilines is 1. The van der Waals surface area contributed by atoms with Crippen LogP contribution in [0.2, 0.25) is 0 Å². The molecule has 1 amide bonds. The van der Waals surface area contributed by atoms with E-state index in [-0.39, 0.29) is 35.8 Å². The Morgan fingerprint density at radius 2 is 1.88 bits per heavy atom. The van der Waals surface area contributed by atoms with E-state index in [1.54, 1.807) is 58.0 Å². The number of nitrogens with two attached hydrogens (primary N) is 1. The molecule has 0 aliphatic rings. The molecular weight excluding hydrogens is 410 g/mol. The number of phenols is 1. The Morgan fingerprint density at radius 3 is 2.56 bits per heavy atom. The summed E-state index contributed by atoms with van der Waals surface area (Å²) in [6.45, 7) is 7.34. The van der Waals surface area contributed by atoms with Gasteiger partial charge in [0.15, 0.2) is 0 Å². The third-order valence-corrected chi connectivity index (χ3v) is 4.86. The molecule has 0 unspecified atom stereocenters. The predicted molar refractivity (Wildman–Crippen MR) is 122 cm³/mol. The summed E-state index contributed by atoms with van der Waals surface area (Å²) in [6, 6.07) is 11.6. The molecule has 0 aliphatic carbocycles. The number of benzene rings is 2.